The molecule has 82 valence electrons. The van der Waals surface area contributed by atoms with E-state index in [0.29, 0.717) is 17.4 Å². The minimum Gasteiger partial charge on any atom is -0.340 e. The number of ether oxygens (including phenoxy) is 2. The molecule has 3 fully saturated rings. The lowest BCUT2D eigenvalue weighted by atomic mass is 9.29. The van der Waals surface area contributed by atoms with E-state index in [1.807, 2.05) is 6.92 Å². The number of rotatable bonds is 0. The Kier molecular flexibility index (Phi) is 1.07. The minimum atomic E-state index is -0.446. The summed E-state index contributed by atoms with van der Waals surface area (Å²) in [7, 11) is 0. The molecule has 2 bridgehead atoms. The second-order valence-electron chi connectivity index (χ2n) is 6.66. The van der Waals surface area contributed by atoms with Gasteiger partial charge in [-0.15, -0.1) is 0 Å². The van der Waals surface area contributed by atoms with Gasteiger partial charge < -0.3 is 9.47 Å². The zero-order chi connectivity index (χ0) is 10.7. The first-order valence-electron chi connectivity index (χ1n) is 5.93. The van der Waals surface area contributed by atoms with E-state index in [0.717, 1.165) is 0 Å². The summed E-state index contributed by atoms with van der Waals surface area (Å²) in [4.78, 5) is 0. The van der Waals surface area contributed by atoms with E-state index in [9.17, 15) is 0 Å². The van der Waals surface area contributed by atoms with E-state index < -0.39 is 5.79 Å². The number of hydrogen-bond donors (Lipinski definition) is 0. The predicted octanol–water partition coefficient (Wildman–Crippen LogP) is 2.49. The molecule has 4 aliphatic rings. The molecule has 0 aromatic heterocycles. The maximum atomic E-state index is 6.19. The Morgan fingerprint density at radius 2 is 1.87 bits per heavy atom. The highest BCUT2D eigenvalue weighted by atomic mass is 16.8. The average molecular weight is 206 g/mol. The Bertz CT molecular complexity index is 399. The van der Waals surface area contributed by atoms with Crippen molar-refractivity contribution in [1.82, 2.24) is 0 Å². The van der Waals surface area contributed by atoms with E-state index in [1.165, 1.54) is 6.42 Å². The van der Waals surface area contributed by atoms with Gasteiger partial charge in [0.05, 0.1) is 6.10 Å². The van der Waals surface area contributed by atoms with E-state index in [4.69, 9.17) is 9.47 Å². The van der Waals surface area contributed by atoms with Gasteiger partial charge in [-0.25, -0.2) is 0 Å². The van der Waals surface area contributed by atoms with Gasteiger partial charge >= 0.3 is 0 Å². The van der Waals surface area contributed by atoms with Crippen LogP contribution in [-0.4, -0.2) is 17.5 Å². The highest BCUT2D eigenvalue weighted by Gasteiger charge is 2.86. The SMILES string of the molecule is CC12C=CC34C(CC3(C)C)C(O1)C4(C)O2. The second kappa shape index (κ2) is 1.82. The summed E-state index contributed by atoms with van der Waals surface area (Å²) in [6.45, 7) is 9.00. The predicted molar refractivity (Wildman–Crippen MR) is 56.2 cm³/mol. The highest BCUT2D eigenvalue weighted by molar-refractivity contribution is 5.41. The van der Waals surface area contributed by atoms with E-state index in [1.54, 1.807) is 0 Å². The Balaban J connectivity index is 1.94. The summed E-state index contributed by atoms with van der Waals surface area (Å²) in [6, 6.07) is 0. The smallest absolute Gasteiger partial charge is 0.186 e. The quantitative estimate of drug-likeness (QED) is 0.567. The molecule has 2 aliphatic carbocycles. The molecule has 2 heteroatoms. The van der Waals surface area contributed by atoms with Gasteiger partial charge in [-0.1, -0.05) is 19.9 Å². The summed E-state index contributed by atoms with van der Waals surface area (Å²) < 4.78 is 12.2. The highest BCUT2D eigenvalue weighted by Crippen LogP contribution is 2.81. The molecule has 5 atom stereocenters. The van der Waals surface area contributed by atoms with Gasteiger partial charge in [0.2, 0.25) is 0 Å². The van der Waals surface area contributed by atoms with Gasteiger partial charge in [0, 0.05) is 11.3 Å². The van der Waals surface area contributed by atoms with Crippen molar-refractivity contribution in [3.63, 3.8) is 0 Å². The summed E-state index contributed by atoms with van der Waals surface area (Å²) in [5.74, 6) is 0.246. The Morgan fingerprint density at radius 1 is 1.13 bits per heavy atom. The van der Waals surface area contributed by atoms with E-state index in [-0.39, 0.29) is 11.0 Å². The summed E-state index contributed by atoms with van der Waals surface area (Å²) >= 11 is 0. The lowest BCUT2D eigenvalue weighted by Gasteiger charge is -2.77. The van der Waals surface area contributed by atoms with Gasteiger partial charge in [0.15, 0.2) is 5.79 Å². The van der Waals surface area contributed by atoms with Crippen molar-refractivity contribution in [2.24, 2.45) is 16.7 Å². The monoisotopic (exact) mass is 206 g/mol. The standard InChI is InChI=1S/C13H18O2/c1-10(2)7-8-9-12(4)13(8,10)6-5-11(3,14-9)15-12/h5-6,8-9H,7H2,1-4H3. The number of fused-ring (bicyclic) bond motifs is 2. The topological polar surface area (TPSA) is 18.5 Å². The van der Waals surface area contributed by atoms with Crippen LogP contribution in [0.1, 0.15) is 34.1 Å². The van der Waals surface area contributed by atoms with E-state index in [2.05, 4.69) is 32.9 Å². The van der Waals surface area contributed by atoms with Crippen molar-refractivity contribution in [3.05, 3.63) is 12.2 Å². The van der Waals surface area contributed by atoms with Crippen LogP contribution in [0.4, 0.5) is 0 Å². The molecule has 1 saturated heterocycles. The molecule has 5 unspecified atom stereocenters. The van der Waals surface area contributed by atoms with Crippen molar-refractivity contribution >= 4 is 0 Å². The molecule has 4 rings (SSSR count). The van der Waals surface area contributed by atoms with Crippen molar-refractivity contribution in [1.29, 1.82) is 0 Å². The average Bonchev–Trinajstić information content (AvgIpc) is 2.23. The van der Waals surface area contributed by atoms with E-state index >= 15 is 0 Å². The molecule has 0 aromatic carbocycles. The zero-order valence-corrected chi connectivity index (χ0v) is 9.83. The van der Waals surface area contributed by atoms with Crippen molar-refractivity contribution in [2.45, 2.75) is 51.6 Å². The third-order valence-electron chi connectivity index (χ3n) is 5.59. The van der Waals surface area contributed by atoms with Crippen molar-refractivity contribution in [2.75, 3.05) is 0 Å². The Morgan fingerprint density at radius 3 is 2.53 bits per heavy atom. The number of hydrogen-bond acceptors (Lipinski definition) is 2. The second-order valence-corrected chi connectivity index (χ2v) is 6.66. The third-order valence-corrected chi connectivity index (χ3v) is 5.59. The molecule has 0 radical (unpaired) electrons. The van der Waals surface area contributed by atoms with Crippen molar-refractivity contribution < 1.29 is 9.47 Å². The van der Waals surface area contributed by atoms with Gasteiger partial charge in [-0.3, -0.25) is 0 Å². The van der Waals surface area contributed by atoms with Crippen LogP contribution in [0.2, 0.25) is 0 Å². The van der Waals surface area contributed by atoms with Crippen LogP contribution in [-0.2, 0) is 9.47 Å². The van der Waals surface area contributed by atoms with Crippen LogP contribution in [0.3, 0.4) is 0 Å². The van der Waals surface area contributed by atoms with Crippen LogP contribution in [0.15, 0.2) is 12.2 Å². The van der Waals surface area contributed by atoms with Crippen LogP contribution in [0, 0.1) is 16.7 Å². The van der Waals surface area contributed by atoms with Gasteiger partial charge in [0.1, 0.15) is 5.60 Å². The van der Waals surface area contributed by atoms with Crippen LogP contribution in [0.5, 0.6) is 0 Å². The first kappa shape index (κ1) is 8.77. The fourth-order valence-corrected chi connectivity index (χ4v) is 5.06. The van der Waals surface area contributed by atoms with Crippen molar-refractivity contribution in [3.8, 4) is 0 Å². The van der Waals surface area contributed by atoms with Gasteiger partial charge in [-0.2, -0.15) is 0 Å². The molecule has 15 heavy (non-hydrogen) atoms. The minimum absolute atomic E-state index is 0.0666. The molecule has 2 saturated carbocycles. The van der Waals surface area contributed by atoms with Crippen LogP contribution < -0.4 is 0 Å². The third kappa shape index (κ3) is 0.578. The largest absolute Gasteiger partial charge is 0.340 e. The molecule has 2 aliphatic heterocycles. The molecular weight excluding hydrogens is 188 g/mol. The maximum absolute atomic E-state index is 6.19. The fourth-order valence-electron chi connectivity index (χ4n) is 5.06. The molecular formula is C13H18O2. The first-order chi connectivity index (χ1) is 6.85. The normalized spacial score (nSPS) is 66.9. The summed E-state index contributed by atoms with van der Waals surface area (Å²) in [5.41, 5.74) is 0.554. The fraction of sp³-hybridized carbons (Fsp3) is 0.846. The molecule has 1 spiro atoms. The Labute approximate surface area is 90.6 Å². The lowest BCUT2D eigenvalue weighted by molar-refractivity contribution is -0.323. The zero-order valence-electron chi connectivity index (χ0n) is 9.83. The summed E-state index contributed by atoms with van der Waals surface area (Å²) in [6.07, 6.45) is 6.13. The molecule has 0 N–H and O–H groups in total. The molecule has 0 amide bonds. The van der Waals surface area contributed by atoms with Crippen LogP contribution in [0.25, 0.3) is 0 Å². The first-order valence-corrected chi connectivity index (χ1v) is 5.93. The maximum Gasteiger partial charge on any atom is 0.186 e. The Hall–Kier alpha value is -0.340. The van der Waals surface area contributed by atoms with Gasteiger partial charge in [-0.05, 0) is 31.8 Å². The molecule has 2 nitrogen and oxygen atoms in total. The molecule has 2 heterocycles. The summed E-state index contributed by atoms with van der Waals surface area (Å²) in [5, 5.41) is 0. The van der Waals surface area contributed by atoms with Crippen LogP contribution >= 0.6 is 0 Å². The lowest BCUT2D eigenvalue weighted by Crippen LogP contribution is -2.82. The van der Waals surface area contributed by atoms with Gasteiger partial charge in [0.25, 0.3) is 0 Å². The molecule has 0 aromatic rings.